The molecule has 0 spiro atoms. The number of carboxylic acids is 2. The van der Waals surface area contributed by atoms with Crippen molar-refractivity contribution in [1.29, 1.82) is 0 Å². The van der Waals surface area contributed by atoms with E-state index in [0.717, 1.165) is 5.88 Å². The normalized spacial score (nSPS) is 14.2. The van der Waals surface area contributed by atoms with Crippen LogP contribution >= 0.6 is 11.8 Å². The van der Waals surface area contributed by atoms with Crippen LogP contribution in [0.4, 0.5) is 0 Å². The second kappa shape index (κ2) is 5.42. The largest absolute Gasteiger partial charge is 0.473 e. The van der Waals surface area contributed by atoms with Crippen LogP contribution in [0.1, 0.15) is 0 Å². The van der Waals surface area contributed by atoms with Crippen LogP contribution in [-0.2, 0) is 14.4 Å². The summed E-state index contributed by atoms with van der Waals surface area (Å²) in [7, 11) is 0. The number of thioether (sulfide) groups is 1. The number of carbonyl (C=O) groups is 3. The van der Waals surface area contributed by atoms with E-state index in [-0.39, 0.29) is 5.91 Å². The number of aliphatic carboxylic acids is 2. The molecule has 1 heterocycles. The molecule has 7 heteroatoms. The second-order valence-corrected chi connectivity index (χ2v) is 2.69. The number of amides is 1. The van der Waals surface area contributed by atoms with Gasteiger partial charge in [0, 0.05) is 0 Å². The lowest BCUT2D eigenvalue weighted by molar-refractivity contribution is -0.159. The Morgan fingerprint density at radius 2 is 1.83 bits per heavy atom. The molecule has 0 aromatic heterocycles. The smallest absolute Gasteiger partial charge is 0.414 e. The summed E-state index contributed by atoms with van der Waals surface area (Å²) in [5.74, 6) is -2.02. The van der Waals surface area contributed by atoms with Crippen LogP contribution in [0.5, 0.6) is 0 Å². The molecule has 6 nitrogen and oxygen atoms in total. The Balaban J connectivity index is 0.000000202. The van der Waals surface area contributed by atoms with Gasteiger partial charge in [0.05, 0.1) is 11.6 Å². The van der Waals surface area contributed by atoms with Crippen molar-refractivity contribution in [3.05, 3.63) is 0 Å². The molecule has 0 bridgehead atoms. The molecule has 0 saturated carbocycles. The van der Waals surface area contributed by atoms with E-state index in [2.05, 4.69) is 5.32 Å². The molecule has 1 amide bonds. The highest BCUT2D eigenvalue weighted by atomic mass is 32.2. The van der Waals surface area contributed by atoms with E-state index in [1.807, 2.05) is 0 Å². The van der Waals surface area contributed by atoms with Crippen LogP contribution in [-0.4, -0.2) is 39.7 Å². The second-order valence-electron chi connectivity index (χ2n) is 1.70. The van der Waals surface area contributed by atoms with E-state index >= 15 is 0 Å². The first-order valence-corrected chi connectivity index (χ1v) is 4.00. The number of nitrogens with one attached hydrogen (secondary N) is 1. The molecular formula is C5H7NO5S. The van der Waals surface area contributed by atoms with Gasteiger partial charge >= 0.3 is 11.9 Å². The molecule has 0 aliphatic carbocycles. The maximum Gasteiger partial charge on any atom is 0.414 e. The van der Waals surface area contributed by atoms with Crippen molar-refractivity contribution in [2.75, 3.05) is 11.6 Å². The molecule has 0 unspecified atom stereocenters. The van der Waals surface area contributed by atoms with E-state index in [4.69, 9.17) is 19.8 Å². The number of hydrogen-bond donors (Lipinski definition) is 3. The molecule has 68 valence electrons. The van der Waals surface area contributed by atoms with Gasteiger partial charge in [-0.2, -0.15) is 0 Å². The molecule has 1 aliphatic heterocycles. The molecule has 3 N–H and O–H groups in total. The van der Waals surface area contributed by atoms with Gasteiger partial charge in [-0.3, -0.25) is 4.79 Å². The third kappa shape index (κ3) is 5.54. The SMILES string of the molecule is O=C(O)C(=O)O.O=C1CSCN1. The van der Waals surface area contributed by atoms with Gasteiger partial charge in [0.1, 0.15) is 0 Å². The Morgan fingerprint density at radius 1 is 1.33 bits per heavy atom. The summed E-state index contributed by atoms with van der Waals surface area (Å²) >= 11 is 1.62. The summed E-state index contributed by atoms with van der Waals surface area (Å²) in [4.78, 5) is 28.3. The van der Waals surface area contributed by atoms with Crippen molar-refractivity contribution in [1.82, 2.24) is 5.32 Å². The minimum Gasteiger partial charge on any atom is -0.473 e. The van der Waals surface area contributed by atoms with Gasteiger partial charge in [0.15, 0.2) is 0 Å². The van der Waals surface area contributed by atoms with E-state index in [0.29, 0.717) is 5.75 Å². The Kier molecular flexibility index (Phi) is 4.86. The Morgan fingerprint density at radius 3 is 1.92 bits per heavy atom. The predicted octanol–water partition coefficient (Wildman–Crippen LogP) is -1.04. The minimum atomic E-state index is -1.82. The van der Waals surface area contributed by atoms with Crippen LogP contribution in [0.25, 0.3) is 0 Å². The van der Waals surface area contributed by atoms with Gasteiger partial charge in [0.25, 0.3) is 0 Å². The Labute approximate surface area is 71.9 Å². The number of hydrogen-bond acceptors (Lipinski definition) is 4. The van der Waals surface area contributed by atoms with Gasteiger partial charge in [-0.25, -0.2) is 9.59 Å². The van der Waals surface area contributed by atoms with Crippen molar-refractivity contribution in [2.45, 2.75) is 0 Å². The van der Waals surface area contributed by atoms with E-state index in [1.54, 1.807) is 11.8 Å². The molecule has 1 saturated heterocycles. The highest BCUT2D eigenvalue weighted by Crippen LogP contribution is 2.01. The number of rotatable bonds is 0. The minimum absolute atomic E-state index is 0.167. The third-order valence-electron chi connectivity index (χ3n) is 0.788. The molecule has 1 aliphatic rings. The summed E-state index contributed by atoms with van der Waals surface area (Å²) < 4.78 is 0. The van der Waals surface area contributed by atoms with Crippen molar-refractivity contribution < 1.29 is 24.6 Å². The van der Waals surface area contributed by atoms with Crippen molar-refractivity contribution >= 4 is 29.6 Å². The molecule has 0 atom stereocenters. The Bertz CT molecular complexity index is 184. The maximum atomic E-state index is 10.1. The van der Waals surface area contributed by atoms with Crippen molar-refractivity contribution in [2.24, 2.45) is 0 Å². The fourth-order valence-electron chi connectivity index (χ4n) is 0.326. The van der Waals surface area contributed by atoms with Crippen molar-refractivity contribution in [3.63, 3.8) is 0 Å². The van der Waals surface area contributed by atoms with Crippen LogP contribution in [0.2, 0.25) is 0 Å². The quantitative estimate of drug-likeness (QED) is 0.425. The maximum absolute atomic E-state index is 10.1. The van der Waals surface area contributed by atoms with Crippen LogP contribution in [0, 0.1) is 0 Å². The summed E-state index contributed by atoms with van der Waals surface area (Å²) in [6.45, 7) is 0. The summed E-state index contributed by atoms with van der Waals surface area (Å²) in [6, 6.07) is 0. The zero-order chi connectivity index (χ0) is 9.56. The van der Waals surface area contributed by atoms with E-state index in [1.165, 1.54) is 0 Å². The van der Waals surface area contributed by atoms with Gasteiger partial charge in [-0.15, -0.1) is 11.8 Å². The summed E-state index contributed by atoms with van der Waals surface area (Å²) in [5.41, 5.74) is 0. The van der Waals surface area contributed by atoms with Gasteiger partial charge in [0.2, 0.25) is 5.91 Å². The zero-order valence-electron chi connectivity index (χ0n) is 5.94. The number of carboxylic acid groups (broad SMARTS) is 2. The van der Waals surface area contributed by atoms with E-state index < -0.39 is 11.9 Å². The first-order valence-electron chi connectivity index (χ1n) is 2.84. The highest BCUT2D eigenvalue weighted by molar-refractivity contribution is 8.00. The fourth-order valence-corrected chi connectivity index (χ4v) is 0.979. The molecule has 0 radical (unpaired) electrons. The number of carbonyl (C=O) groups excluding carboxylic acids is 1. The molecule has 1 rings (SSSR count). The zero-order valence-corrected chi connectivity index (χ0v) is 6.76. The summed E-state index contributed by atoms with van der Waals surface area (Å²) in [6.07, 6.45) is 0. The van der Waals surface area contributed by atoms with Gasteiger partial charge in [-0.05, 0) is 0 Å². The molecular weight excluding hydrogens is 186 g/mol. The molecule has 12 heavy (non-hydrogen) atoms. The van der Waals surface area contributed by atoms with Gasteiger partial charge in [-0.1, -0.05) is 0 Å². The highest BCUT2D eigenvalue weighted by Gasteiger charge is 2.06. The molecule has 0 aromatic carbocycles. The predicted molar refractivity (Wildman–Crippen MR) is 40.7 cm³/mol. The standard InChI is InChI=1S/C3H5NOS.C2H2O4/c5-3-1-6-2-4-3;3-1(4)2(5)6/h1-2H2,(H,4,5);(H,3,4)(H,5,6). The lowest BCUT2D eigenvalue weighted by Gasteiger charge is -1.78. The summed E-state index contributed by atoms with van der Waals surface area (Å²) in [5, 5.41) is 17.4. The molecule has 0 aromatic rings. The average molecular weight is 193 g/mol. The van der Waals surface area contributed by atoms with Crippen LogP contribution < -0.4 is 5.32 Å². The third-order valence-corrected chi connectivity index (χ3v) is 1.60. The Hall–Kier alpha value is -1.24. The average Bonchev–Trinajstić information content (AvgIpc) is 2.40. The van der Waals surface area contributed by atoms with Crippen LogP contribution in [0.15, 0.2) is 0 Å². The first kappa shape index (κ1) is 10.8. The monoisotopic (exact) mass is 193 g/mol. The van der Waals surface area contributed by atoms with Crippen LogP contribution in [0.3, 0.4) is 0 Å². The fraction of sp³-hybridized carbons (Fsp3) is 0.400. The topological polar surface area (TPSA) is 104 Å². The van der Waals surface area contributed by atoms with Crippen molar-refractivity contribution in [3.8, 4) is 0 Å². The first-order chi connectivity index (χ1) is 5.54. The van der Waals surface area contributed by atoms with E-state index in [9.17, 15) is 4.79 Å². The lowest BCUT2D eigenvalue weighted by atomic mass is 10.7. The molecule has 1 fully saturated rings. The lowest BCUT2D eigenvalue weighted by Crippen LogP contribution is -2.14. The van der Waals surface area contributed by atoms with Gasteiger partial charge < -0.3 is 15.5 Å².